The molecule has 1 N–H and O–H groups in total. The van der Waals surface area contributed by atoms with Crippen LogP contribution in [0.15, 0.2) is 27.6 Å². The lowest BCUT2D eigenvalue weighted by atomic mass is 10.2. The van der Waals surface area contributed by atoms with Gasteiger partial charge < -0.3 is 5.11 Å². The quantitative estimate of drug-likeness (QED) is 0.922. The van der Waals surface area contributed by atoms with Crippen LogP contribution in [0.5, 0.6) is 0 Å². The Labute approximate surface area is 110 Å². The highest BCUT2D eigenvalue weighted by Crippen LogP contribution is 2.26. The molecule has 0 aliphatic rings. The number of aliphatic hydroxyl groups excluding tert-OH is 1. The molecular formula is C11H16BrNO3S. The summed E-state index contributed by atoms with van der Waals surface area (Å²) in [4.78, 5) is 0.214. The van der Waals surface area contributed by atoms with Gasteiger partial charge in [-0.2, -0.15) is 4.31 Å². The van der Waals surface area contributed by atoms with Crippen molar-refractivity contribution < 1.29 is 13.5 Å². The van der Waals surface area contributed by atoms with Crippen LogP contribution in [0, 0.1) is 0 Å². The monoisotopic (exact) mass is 321 g/mol. The summed E-state index contributed by atoms with van der Waals surface area (Å²) in [5.74, 6) is 0. The second-order valence-electron chi connectivity index (χ2n) is 4.04. The predicted octanol–water partition coefficient (Wildman–Crippen LogP) is 1.97. The fraction of sp³-hybridized carbons (Fsp3) is 0.455. The summed E-state index contributed by atoms with van der Waals surface area (Å²) in [6.45, 7) is 3.51. The Morgan fingerprint density at radius 2 is 2.00 bits per heavy atom. The number of nitrogens with zero attached hydrogens (tertiary/aromatic N) is 1. The van der Waals surface area contributed by atoms with Gasteiger partial charge in [0.25, 0.3) is 0 Å². The van der Waals surface area contributed by atoms with Gasteiger partial charge >= 0.3 is 0 Å². The third kappa shape index (κ3) is 3.07. The minimum atomic E-state index is -3.49. The second-order valence-corrected chi connectivity index (χ2v) is 6.86. The van der Waals surface area contributed by atoms with Crippen LogP contribution in [0.25, 0.3) is 0 Å². The van der Waals surface area contributed by atoms with Gasteiger partial charge in [0.1, 0.15) is 0 Å². The van der Waals surface area contributed by atoms with Gasteiger partial charge in [-0.25, -0.2) is 8.42 Å². The van der Waals surface area contributed by atoms with E-state index in [0.29, 0.717) is 10.0 Å². The zero-order valence-corrected chi connectivity index (χ0v) is 12.4. The van der Waals surface area contributed by atoms with E-state index in [1.54, 1.807) is 19.2 Å². The van der Waals surface area contributed by atoms with Crippen LogP contribution in [0.2, 0.25) is 0 Å². The van der Waals surface area contributed by atoms with Crippen molar-refractivity contribution in [1.82, 2.24) is 4.31 Å². The molecule has 0 spiro atoms. The normalized spacial score (nSPS) is 12.4. The molecule has 0 bridgehead atoms. The Morgan fingerprint density at radius 3 is 2.41 bits per heavy atom. The van der Waals surface area contributed by atoms with Crippen molar-refractivity contribution >= 4 is 26.0 Å². The Bertz CT molecular complexity index is 499. The van der Waals surface area contributed by atoms with Crippen LogP contribution < -0.4 is 0 Å². The highest BCUT2D eigenvalue weighted by molar-refractivity contribution is 9.10. The van der Waals surface area contributed by atoms with Gasteiger partial charge in [-0.15, -0.1) is 0 Å². The van der Waals surface area contributed by atoms with Gasteiger partial charge in [-0.3, -0.25) is 0 Å². The molecule has 6 heteroatoms. The van der Waals surface area contributed by atoms with Gasteiger partial charge in [-0.05, 0) is 47.5 Å². The van der Waals surface area contributed by atoms with E-state index in [1.165, 1.54) is 10.4 Å². The van der Waals surface area contributed by atoms with Crippen molar-refractivity contribution in [1.29, 1.82) is 0 Å². The highest BCUT2D eigenvalue weighted by atomic mass is 79.9. The maximum Gasteiger partial charge on any atom is 0.244 e. The largest absolute Gasteiger partial charge is 0.392 e. The van der Waals surface area contributed by atoms with E-state index >= 15 is 0 Å². The smallest absolute Gasteiger partial charge is 0.244 e. The standard InChI is InChI=1S/C11H16BrNO3S/c1-8(2)13(3)17(15,16)11-5-4-9(7-14)6-10(11)12/h4-6,8,14H,7H2,1-3H3. The first-order chi connectivity index (χ1) is 7.80. The highest BCUT2D eigenvalue weighted by Gasteiger charge is 2.25. The number of halogens is 1. The van der Waals surface area contributed by atoms with Crippen LogP contribution in [-0.4, -0.2) is 30.9 Å². The van der Waals surface area contributed by atoms with Crippen molar-refractivity contribution in [3.05, 3.63) is 28.2 Å². The first-order valence-corrected chi connectivity index (χ1v) is 7.41. The van der Waals surface area contributed by atoms with Crippen molar-refractivity contribution in [2.75, 3.05) is 7.05 Å². The molecule has 0 amide bonds. The van der Waals surface area contributed by atoms with E-state index < -0.39 is 10.0 Å². The molecule has 0 saturated carbocycles. The Hall–Kier alpha value is -0.430. The van der Waals surface area contributed by atoms with E-state index in [-0.39, 0.29) is 17.5 Å². The molecule has 0 aliphatic heterocycles. The fourth-order valence-electron chi connectivity index (χ4n) is 1.28. The first kappa shape index (κ1) is 14.6. The summed E-state index contributed by atoms with van der Waals surface area (Å²) in [6, 6.07) is 4.61. The van der Waals surface area contributed by atoms with Crippen LogP contribution in [-0.2, 0) is 16.6 Å². The van der Waals surface area contributed by atoms with Crippen molar-refractivity contribution in [2.45, 2.75) is 31.4 Å². The molecule has 17 heavy (non-hydrogen) atoms. The van der Waals surface area contributed by atoms with Gasteiger partial charge in [0, 0.05) is 17.6 Å². The van der Waals surface area contributed by atoms with Gasteiger partial charge in [0.15, 0.2) is 0 Å². The van der Waals surface area contributed by atoms with Gasteiger partial charge in [-0.1, -0.05) is 6.07 Å². The number of rotatable bonds is 4. The molecule has 0 radical (unpaired) electrons. The number of hydrogen-bond acceptors (Lipinski definition) is 3. The van der Waals surface area contributed by atoms with E-state index in [9.17, 15) is 8.42 Å². The molecule has 0 aromatic heterocycles. The summed E-state index contributed by atoms with van der Waals surface area (Å²) < 4.78 is 26.2. The molecule has 0 atom stereocenters. The van der Waals surface area contributed by atoms with Crippen LogP contribution in [0.3, 0.4) is 0 Å². The van der Waals surface area contributed by atoms with Crippen LogP contribution >= 0.6 is 15.9 Å². The third-order valence-electron chi connectivity index (χ3n) is 2.56. The van der Waals surface area contributed by atoms with Crippen molar-refractivity contribution in [2.24, 2.45) is 0 Å². The Kier molecular flexibility index (Phi) is 4.71. The lowest BCUT2D eigenvalue weighted by Crippen LogP contribution is -2.33. The second kappa shape index (κ2) is 5.48. The topological polar surface area (TPSA) is 57.6 Å². The van der Waals surface area contributed by atoms with Crippen LogP contribution in [0.1, 0.15) is 19.4 Å². The first-order valence-electron chi connectivity index (χ1n) is 5.18. The molecule has 0 aliphatic carbocycles. The maximum absolute atomic E-state index is 12.2. The van der Waals surface area contributed by atoms with Crippen LogP contribution in [0.4, 0.5) is 0 Å². The van der Waals surface area contributed by atoms with E-state index in [2.05, 4.69) is 15.9 Å². The lowest BCUT2D eigenvalue weighted by Gasteiger charge is -2.21. The third-order valence-corrected chi connectivity index (χ3v) is 5.57. The molecule has 0 saturated heterocycles. The SMILES string of the molecule is CC(C)N(C)S(=O)(=O)c1ccc(CO)cc1Br. The maximum atomic E-state index is 12.2. The van der Waals surface area contributed by atoms with Gasteiger partial charge in [0.2, 0.25) is 10.0 Å². The number of sulfonamides is 1. The van der Waals surface area contributed by atoms with E-state index in [4.69, 9.17) is 5.11 Å². The minimum absolute atomic E-state index is 0.107. The fourth-order valence-corrected chi connectivity index (χ4v) is 3.74. The summed E-state index contributed by atoms with van der Waals surface area (Å²) >= 11 is 3.22. The average Bonchev–Trinajstić information content (AvgIpc) is 2.27. The molecule has 1 rings (SSSR count). The number of hydrogen-bond donors (Lipinski definition) is 1. The molecule has 1 aromatic carbocycles. The summed E-state index contributed by atoms with van der Waals surface area (Å²) in [7, 11) is -1.94. The molecule has 0 fully saturated rings. The molecular weight excluding hydrogens is 306 g/mol. The summed E-state index contributed by atoms with van der Waals surface area (Å²) in [6.07, 6.45) is 0. The lowest BCUT2D eigenvalue weighted by molar-refractivity contribution is 0.281. The number of aliphatic hydroxyl groups is 1. The molecule has 96 valence electrons. The van der Waals surface area contributed by atoms with E-state index in [1.807, 2.05) is 13.8 Å². The summed E-state index contributed by atoms with van der Waals surface area (Å²) in [5, 5.41) is 8.97. The molecule has 0 unspecified atom stereocenters. The average molecular weight is 322 g/mol. The summed E-state index contributed by atoms with van der Waals surface area (Å²) in [5.41, 5.74) is 0.669. The van der Waals surface area contributed by atoms with E-state index in [0.717, 1.165) is 0 Å². The Morgan fingerprint density at radius 1 is 1.41 bits per heavy atom. The number of benzene rings is 1. The molecule has 1 aromatic rings. The van der Waals surface area contributed by atoms with Gasteiger partial charge in [0.05, 0.1) is 11.5 Å². The minimum Gasteiger partial charge on any atom is -0.392 e. The molecule has 4 nitrogen and oxygen atoms in total. The Balaban J connectivity index is 3.25. The van der Waals surface area contributed by atoms with Crippen molar-refractivity contribution in [3.8, 4) is 0 Å². The molecule has 0 heterocycles. The predicted molar refractivity (Wildman–Crippen MR) is 70.1 cm³/mol. The van der Waals surface area contributed by atoms with Crippen molar-refractivity contribution in [3.63, 3.8) is 0 Å². The zero-order valence-electron chi connectivity index (χ0n) is 10.0. The zero-order chi connectivity index (χ0) is 13.2.